The van der Waals surface area contributed by atoms with Crippen molar-refractivity contribution in [3.05, 3.63) is 40.4 Å². The molecule has 0 saturated carbocycles. The van der Waals surface area contributed by atoms with Gasteiger partial charge >= 0.3 is 0 Å². The lowest BCUT2D eigenvalue weighted by Crippen LogP contribution is -2.19. The fourth-order valence-corrected chi connectivity index (χ4v) is 2.23. The van der Waals surface area contributed by atoms with Gasteiger partial charge in [0.05, 0.1) is 12.6 Å². The highest BCUT2D eigenvalue weighted by Crippen LogP contribution is 2.24. The van der Waals surface area contributed by atoms with E-state index in [2.05, 4.69) is 49.4 Å². The molecule has 1 unspecified atom stereocenters. The molecular weight excluding hydrogens is 320 g/mol. The molecule has 1 atom stereocenters. The molecule has 2 rings (SSSR count). The first kappa shape index (κ1) is 15.0. The molecule has 20 heavy (non-hydrogen) atoms. The van der Waals surface area contributed by atoms with Gasteiger partial charge in [0.15, 0.2) is 0 Å². The number of nitrogens with one attached hydrogen (secondary N) is 2. The minimum absolute atomic E-state index is 0.107. The number of rotatable bonds is 7. The van der Waals surface area contributed by atoms with Gasteiger partial charge in [0.25, 0.3) is 0 Å². The number of nitrogens with zero attached hydrogens (tertiary/aromatic N) is 2. The third-order valence-corrected chi connectivity index (χ3v) is 3.42. The van der Waals surface area contributed by atoms with Gasteiger partial charge in [-0.05, 0) is 31.5 Å². The van der Waals surface area contributed by atoms with Gasteiger partial charge < -0.3 is 10.1 Å². The Morgan fingerprint density at radius 2 is 2.30 bits per heavy atom. The Balaban J connectivity index is 2.02. The maximum absolute atomic E-state index is 5.77. The van der Waals surface area contributed by atoms with Crippen LogP contribution in [-0.2, 0) is 6.54 Å². The van der Waals surface area contributed by atoms with Crippen LogP contribution in [0.15, 0.2) is 29.0 Å². The molecule has 0 fully saturated rings. The van der Waals surface area contributed by atoms with Crippen LogP contribution in [0.3, 0.4) is 0 Å². The SMILES string of the molecule is CCCOc1ccc(Br)cc1CNC(C)c1ncn[nH]1. The largest absolute Gasteiger partial charge is 0.493 e. The average molecular weight is 339 g/mol. The molecule has 0 amide bonds. The number of benzene rings is 1. The van der Waals surface area contributed by atoms with Crippen LogP contribution >= 0.6 is 15.9 Å². The summed E-state index contributed by atoms with van der Waals surface area (Å²) in [4.78, 5) is 4.15. The Morgan fingerprint density at radius 1 is 1.45 bits per heavy atom. The Labute approximate surface area is 127 Å². The first-order valence-corrected chi connectivity index (χ1v) is 7.50. The molecule has 0 aliphatic heterocycles. The fourth-order valence-electron chi connectivity index (χ4n) is 1.82. The molecule has 0 bridgehead atoms. The summed E-state index contributed by atoms with van der Waals surface area (Å²) in [6.07, 6.45) is 2.51. The van der Waals surface area contributed by atoms with Crippen LogP contribution in [0.2, 0.25) is 0 Å². The van der Waals surface area contributed by atoms with Crippen LogP contribution < -0.4 is 10.1 Å². The van der Waals surface area contributed by atoms with E-state index < -0.39 is 0 Å². The molecule has 0 aliphatic carbocycles. The highest BCUT2D eigenvalue weighted by Gasteiger charge is 2.10. The second kappa shape index (κ2) is 7.40. The molecule has 2 aromatic rings. The van der Waals surface area contributed by atoms with Crippen LogP contribution in [0.4, 0.5) is 0 Å². The summed E-state index contributed by atoms with van der Waals surface area (Å²) in [5.74, 6) is 1.75. The van der Waals surface area contributed by atoms with Crippen molar-refractivity contribution < 1.29 is 4.74 Å². The zero-order chi connectivity index (χ0) is 14.4. The van der Waals surface area contributed by atoms with E-state index in [0.29, 0.717) is 6.54 Å². The number of aromatic nitrogens is 3. The van der Waals surface area contributed by atoms with Gasteiger partial charge in [0.1, 0.15) is 17.9 Å². The van der Waals surface area contributed by atoms with Crippen LogP contribution in [0.5, 0.6) is 5.75 Å². The van der Waals surface area contributed by atoms with Gasteiger partial charge in [-0.25, -0.2) is 4.98 Å². The van der Waals surface area contributed by atoms with Gasteiger partial charge in [-0.3, -0.25) is 5.10 Å². The number of halogens is 1. The third-order valence-electron chi connectivity index (χ3n) is 2.93. The molecule has 0 aliphatic rings. The molecule has 1 aromatic heterocycles. The quantitative estimate of drug-likeness (QED) is 0.813. The first-order valence-electron chi connectivity index (χ1n) is 6.70. The highest BCUT2D eigenvalue weighted by atomic mass is 79.9. The summed E-state index contributed by atoms with van der Waals surface area (Å²) in [6, 6.07) is 6.17. The molecule has 2 N–H and O–H groups in total. The summed E-state index contributed by atoms with van der Waals surface area (Å²) >= 11 is 3.50. The highest BCUT2D eigenvalue weighted by molar-refractivity contribution is 9.10. The fraction of sp³-hybridized carbons (Fsp3) is 0.429. The normalized spacial score (nSPS) is 12.3. The predicted molar refractivity (Wildman–Crippen MR) is 81.6 cm³/mol. The first-order chi connectivity index (χ1) is 9.70. The van der Waals surface area contributed by atoms with Crippen molar-refractivity contribution >= 4 is 15.9 Å². The summed E-state index contributed by atoms with van der Waals surface area (Å²) in [6.45, 7) is 5.58. The molecule has 108 valence electrons. The van der Waals surface area contributed by atoms with E-state index in [-0.39, 0.29) is 6.04 Å². The predicted octanol–water partition coefficient (Wildman–Crippen LogP) is 3.21. The van der Waals surface area contributed by atoms with E-state index in [1.807, 2.05) is 19.1 Å². The molecule has 0 saturated heterocycles. The third kappa shape index (κ3) is 4.05. The number of hydrogen-bond acceptors (Lipinski definition) is 4. The van der Waals surface area contributed by atoms with Gasteiger partial charge in [0.2, 0.25) is 0 Å². The van der Waals surface area contributed by atoms with Crippen molar-refractivity contribution in [2.45, 2.75) is 32.9 Å². The molecular formula is C14H19BrN4O. The van der Waals surface area contributed by atoms with Crippen LogP contribution in [0.1, 0.15) is 37.7 Å². The molecule has 5 nitrogen and oxygen atoms in total. The van der Waals surface area contributed by atoms with Crippen molar-refractivity contribution in [1.29, 1.82) is 0 Å². The van der Waals surface area contributed by atoms with Crippen molar-refractivity contribution in [2.75, 3.05) is 6.61 Å². The molecule has 0 spiro atoms. The van der Waals surface area contributed by atoms with Crippen LogP contribution in [0, 0.1) is 0 Å². The Kier molecular flexibility index (Phi) is 5.55. The number of hydrogen-bond donors (Lipinski definition) is 2. The average Bonchev–Trinajstić information content (AvgIpc) is 2.98. The minimum Gasteiger partial charge on any atom is -0.493 e. The van der Waals surface area contributed by atoms with Crippen LogP contribution in [-0.4, -0.2) is 21.8 Å². The van der Waals surface area contributed by atoms with E-state index in [9.17, 15) is 0 Å². The van der Waals surface area contributed by atoms with E-state index >= 15 is 0 Å². The smallest absolute Gasteiger partial charge is 0.141 e. The van der Waals surface area contributed by atoms with E-state index in [4.69, 9.17) is 4.74 Å². The lowest BCUT2D eigenvalue weighted by atomic mass is 10.2. The molecule has 1 heterocycles. The molecule has 6 heteroatoms. The van der Waals surface area contributed by atoms with Crippen molar-refractivity contribution in [3.63, 3.8) is 0 Å². The van der Waals surface area contributed by atoms with Gasteiger partial charge in [0, 0.05) is 16.6 Å². The van der Waals surface area contributed by atoms with Crippen molar-refractivity contribution in [3.8, 4) is 5.75 Å². The van der Waals surface area contributed by atoms with Gasteiger partial charge in [-0.15, -0.1) is 0 Å². The summed E-state index contributed by atoms with van der Waals surface area (Å²) in [5, 5.41) is 10.1. The van der Waals surface area contributed by atoms with E-state index in [1.165, 1.54) is 6.33 Å². The van der Waals surface area contributed by atoms with Gasteiger partial charge in [-0.2, -0.15) is 5.10 Å². The number of aromatic amines is 1. The van der Waals surface area contributed by atoms with Crippen molar-refractivity contribution in [2.24, 2.45) is 0 Å². The van der Waals surface area contributed by atoms with E-state index in [1.54, 1.807) is 0 Å². The zero-order valence-corrected chi connectivity index (χ0v) is 13.3. The summed E-state index contributed by atoms with van der Waals surface area (Å²) < 4.78 is 6.81. The van der Waals surface area contributed by atoms with Gasteiger partial charge in [-0.1, -0.05) is 22.9 Å². The molecule has 1 aromatic carbocycles. The second-order valence-corrected chi connectivity index (χ2v) is 5.49. The standard InChI is InChI=1S/C14H19BrN4O/c1-3-6-20-13-5-4-12(15)7-11(13)8-16-10(2)14-17-9-18-19-14/h4-5,7,9-10,16H,3,6,8H2,1-2H3,(H,17,18,19). The lowest BCUT2D eigenvalue weighted by Gasteiger charge is -2.15. The maximum atomic E-state index is 5.77. The number of ether oxygens (including phenoxy) is 1. The maximum Gasteiger partial charge on any atom is 0.141 e. The number of H-pyrrole nitrogens is 1. The monoisotopic (exact) mass is 338 g/mol. The summed E-state index contributed by atoms with van der Waals surface area (Å²) in [5.41, 5.74) is 1.12. The Morgan fingerprint density at radius 3 is 3.00 bits per heavy atom. The Hall–Kier alpha value is -1.40. The second-order valence-electron chi connectivity index (χ2n) is 4.57. The summed E-state index contributed by atoms with van der Waals surface area (Å²) in [7, 11) is 0. The zero-order valence-electron chi connectivity index (χ0n) is 11.7. The van der Waals surface area contributed by atoms with Crippen LogP contribution in [0.25, 0.3) is 0 Å². The minimum atomic E-state index is 0.107. The lowest BCUT2D eigenvalue weighted by molar-refractivity contribution is 0.312. The van der Waals surface area contributed by atoms with Crippen molar-refractivity contribution in [1.82, 2.24) is 20.5 Å². The topological polar surface area (TPSA) is 62.8 Å². The molecule has 0 radical (unpaired) electrons. The van der Waals surface area contributed by atoms with E-state index in [0.717, 1.165) is 34.6 Å². The Bertz CT molecular complexity index is 530.